The van der Waals surface area contributed by atoms with Gasteiger partial charge >= 0.3 is 0 Å². The molecule has 1 aliphatic heterocycles. The second-order valence-electron chi connectivity index (χ2n) is 5.72. The van der Waals surface area contributed by atoms with E-state index in [0.29, 0.717) is 29.0 Å². The number of nitrogens with zero attached hydrogens (tertiary/aromatic N) is 4. The van der Waals surface area contributed by atoms with Gasteiger partial charge in [0.2, 0.25) is 0 Å². The van der Waals surface area contributed by atoms with Crippen molar-refractivity contribution in [3.8, 4) is 0 Å². The molecule has 0 amide bonds. The summed E-state index contributed by atoms with van der Waals surface area (Å²) in [6.07, 6.45) is 2.99. The monoisotopic (exact) mass is 346 g/mol. The smallest absolute Gasteiger partial charge is 0.158 e. The molecule has 4 nitrogen and oxygen atoms in total. The fourth-order valence-corrected chi connectivity index (χ4v) is 3.38. The molecule has 3 heterocycles. The van der Waals surface area contributed by atoms with E-state index >= 15 is 0 Å². The largest absolute Gasteiger partial charge is 0.349 e. The molecule has 7 heteroatoms. The van der Waals surface area contributed by atoms with Crippen LogP contribution in [0.15, 0.2) is 36.7 Å². The van der Waals surface area contributed by atoms with Gasteiger partial charge in [0.1, 0.15) is 29.3 Å². The van der Waals surface area contributed by atoms with E-state index in [1.165, 1.54) is 18.5 Å². The summed E-state index contributed by atoms with van der Waals surface area (Å²) in [7, 11) is 0. The minimum absolute atomic E-state index is 0.256. The quantitative estimate of drug-likeness (QED) is 0.649. The third kappa shape index (κ3) is 2.57. The highest BCUT2D eigenvalue weighted by atomic mass is 35.5. The fourth-order valence-electron chi connectivity index (χ4n) is 3.19. The average Bonchev–Trinajstić information content (AvgIpc) is 3.06. The number of anilines is 1. The number of aromatic nitrogens is 3. The Morgan fingerprint density at radius 1 is 1.12 bits per heavy atom. The maximum atomic E-state index is 14.2. The van der Waals surface area contributed by atoms with Gasteiger partial charge in [-0.25, -0.2) is 23.7 Å². The van der Waals surface area contributed by atoms with E-state index in [2.05, 4.69) is 15.0 Å². The number of fused-ring (bicyclic) bond motifs is 1. The lowest BCUT2D eigenvalue weighted by Gasteiger charge is -2.26. The van der Waals surface area contributed by atoms with Gasteiger partial charge in [0.25, 0.3) is 0 Å². The zero-order valence-corrected chi connectivity index (χ0v) is 13.3. The molecule has 1 aliphatic rings. The molecule has 0 spiro atoms. The molecule has 0 N–H and O–H groups in total. The van der Waals surface area contributed by atoms with Crippen molar-refractivity contribution in [1.29, 1.82) is 0 Å². The zero-order chi connectivity index (χ0) is 16.7. The maximum absolute atomic E-state index is 14.2. The SMILES string of the molecule is Fc1ccc(F)c([C@H]2CCCN2c2ccc3ncnc(Cl)c3n2)c1. The van der Waals surface area contributed by atoms with Crippen molar-refractivity contribution in [2.24, 2.45) is 0 Å². The molecule has 0 aliphatic carbocycles. The van der Waals surface area contributed by atoms with E-state index in [9.17, 15) is 8.78 Å². The lowest BCUT2D eigenvalue weighted by atomic mass is 10.0. The molecule has 24 heavy (non-hydrogen) atoms. The minimum atomic E-state index is -0.443. The molecule has 0 bridgehead atoms. The van der Waals surface area contributed by atoms with Crippen molar-refractivity contribution in [2.45, 2.75) is 18.9 Å². The van der Waals surface area contributed by atoms with Crippen LogP contribution in [0.2, 0.25) is 5.15 Å². The van der Waals surface area contributed by atoms with E-state index in [1.54, 1.807) is 0 Å². The molecule has 2 aromatic heterocycles. The highest BCUT2D eigenvalue weighted by Gasteiger charge is 2.29. The van der Waals surface area contributed by atoms with E-state index in [4.69, 9.17) is 11.6 Å². The van der Waals surface area contributed by atoms with Crippen LogP contribution in [0.4, 0.5) is 14.6 Å². The van der Waals surface area contributed by atoms with Crippen molar-refractivity contribution in [3.63, 3.8) is 0 Å². The van der Waals surface area contributed by atoms with Crippen molar-refractivity contribution in [3.05, 3.63) is 59.0 Å². The zero-order valence-electron chi connectivity index (χ0n) is 12.6. The third-order valence-electron chi connectivity index (χ3n) is 4.29. The second-order valence-corrected chi connectivity index (χ2v) is 6.08. The van der Waals surface area contributed by atoms with Crippen molar-refractivity contribution in [1.82, 2.24) is 15.0 Å². The molecule has 1 fully saturated rings. The predicted molar refractivity (Wildman–Crippen MR) is 88.0 cm³/mol. The topological polar surface area (TPSA) is 41.9 Å². The molecule has 1 aromatic carbocycles. The highest BCUT2D eigenvalue weighted by Crippen LogP contribution is 2.37. The molecule has 0 unspecified atom stereocenters. The summed E-state index contributed by atoms with van der Waals surface area (Å²) in [5, 5.41) is 0.273. The van der Waals surface area contributed by atoms with Crippen LogP contribution < -0.4 is 4.90 Å². The Morgan fingerprint density at radius 2 is 2.00 bits per heavy atom. The normalized spacial score (nSPS) is 17.6. The standard InChI is InChI=1S/C17H13ClF2N4/c18-17-16-13(21-9-22-17)5-6-15(23-16)24-7-1-2-14(24)11-8-10(19)3-4-12(11)20/h3-6,8-9,14H,1-2,7H2/t14-/m1/s1. The molecule has 3 aromatic rings. The summed E-state index contributed by atoms with van der Waals surface area (Å²) in [6.45, 7) is 0.713. The van der Waals surface area contributed by atoms with Crippen molar-refractivity contribution < 1.29 is 8.78 Å². The third-order valence-corrected chi connectivity index (χ3v) is 4.56. The molecule has 122 valence electrons. The van der Waals surface area contributed by atoms with E-state index in [0.717, 1.165) is 18.9 Å². The summed E-state index contributed by atoms with van der Waals surface area (Å²) in [4.78, 5) is 14.6. The summed E-state index contributed by atoms with van der Waals surface area (Å²) in [6, 6.07) is 6.93. The molecule has 0 saturated carbocycles. The molecule has 1 atom stereocenters. The van der Waals surface area contributed by atoms with Crippen LogP contribution in [0, 0.1) is 11.6 Å². The molecular weight excluding hydrogens is 334 g/mol. The fraction of sp³-hybridized carbons (Fsp3) is 0.235. The summed E-state index contributed by atoms with van der Waals surface area (Å²) in [5.41, 5.74) is 1.50. The van der Waals surface area contributed by atoms with Crippen LogP contribution in [0.25, 0.3) is 11.0 Å². The Bertz CT molecular complexity index is 918. The Kier molecular flexibility index (Phi) is 3.76. The first-order valence-corrected chi connectivity index (χ1v) is 8.00. The van der Waals surface area contributed by atoms with Crippen LogP contribution in [-0.2, 0) is 0 Å². The number of rotatable bonds is 2. The first-order valence-electron chi connectivity index (χ1n) is 7.62. The van der Waals surface area contributed by atoms with E-state index in [-0.39, 0.29) is 11.2 Å². The molecule has 1 saturated heterocycles. The Balaban J connectivity index is 1.78. The van der Waals surface area contributed by atoms with Crippen LogP contribution in [-0.4, -0.2) is 21.5 Å². The van der Waals surface area contributed by atoms with Crippen LogP contribution in [0.1, 0.15) is 24.4 Å². The van der Waals surface area contributed by atoms with Crippen LogP contribution in [0.3, 0.4) is 0 Å². The second kappa shape index (κ2) is 5.94. The Hall–Kier alpha value is -2.34. The van der Waals surface area contributed by atoms with Gasteiger partial charge in [0, 0.05) is 12.1 Å². The van der Waals surface area contributed by atoms with E-state index in [1.807, 2.05) is 17.0 Å². The molecule has 0 radical (unpaired) electrons. The number of hydrogen-bond donors (Lipinski definition) is 0. The van der Waals surface area contributed by atoms with Gasteiger partial charge in [0.05, 0.1) is 11.6 Å². The highest BCUT2D eigenvalue weighted by molar-refractivity contribution is 6.33. The number of hydrogen-bond acceptors (Lipinski definition) is 4. The summed E-state index contributed by atoms with van der Waals surface area (Å²) < 4.78 is 27.7. The van der Waals surface area contributed by atoms with Gasteiger partial charge in [0.15, 0.2) is 5.15 Å². The lowest BCUT2D eigenvalue weighted by molar-refractivity contribution is 0.560. The first-order chi connectivity index (χ1) is 11.6. The van der Waals surface area contributed by atoms with Crippen LogP contribution >= 0.6 is 11.6 Å². The number of benzene rings is 1. The maximum Gasteiger partial charge on any atom is 0.158 e. The Morgan fingerprint density at radius 3 is 2.88 bits per heavy atom. The van der Waals surface area contributed by atoms with Gasteiger partial charge in [-0.3, -0.25) is 0 Å². The van der Waals surface area contributed by atoms with Gasteiger partial charge < -0.3 is 4.90 Å². The molecular formula is C17H13ClF2N4. The van der Waals surface area contributed by atoms with Gasteiger partial charge in [-0.2, -0.15) is 0 Å². The summed E-state index contributed by atoms with van der Waals surface area (Å²) >= 11 is 6.09. The number of halogens is 3. The predicted octanol–water partition coefficient (Wildman–Crippen LogP) is 4.30. The van der Waals surface area contributed by atoms with Crippen molar-refractivity contribution in [2.75, 3.05) is 11.4 Å². The van der Waals surface area contributed by atoms with Crippen LogP contribution in [0.5, 0.6) is 0 Å². The van der Waals surface area contributed by atoms with Gasteiger partial charge in [-0.05, 0) is 43.2 Å². The molecule has 4 rings (SSSR count). The number of pyridine rings is 1. The first kappa shape index (κ1) is 15.2. The van der Waals surface area contributed by atoms with Gasteiger partial charge in [-0.15, -0.1) is 0 Å². The van der Waals surface area contributed by atoms with Crippen molar-refractivity contribution >= 4 is 28.5 Å². The van der Waals surface area contributed by atoms with E-state index < -0.39 is 11.6 Å². The minimum Gasteiger partial charge on any atom is -0.349 e. The van der Waals surface area contributed by atoms with Gasteiger partial charge in [-0.1, -0.05) is 11.6 Å². The summed E-state index contributed by atoms with van der Waals surface area (Å²) in [5.74, 6) is -0.193. The Labute approximate surface area is 142 Å². The lowest BCUT2D eigenvalue weighted by Crippen LogP contribution is -2.24. The average molecular weight is 347 g/mol.